The molecular weight excluding hydrogens is 914 g/mol. The number of carbonyl (C=O) groups is 1. The summed E-state index contributed by atoms with van der Waals surface area (Å²) in [4.78, 5) is 11.1. The summed E-state index contributed by atoms with van der Waals surface area (Å²) < 4.78 is 109. The molecule has 0 saturated heterocycles. The van der Waals surface area contributed by atoms with Crippen LogP contribution in [-0.4, -0.2) is 151 Å². The van der Waals surface area contributed by atoms with Crippen molar-refractivity contribution in [3.05, 3.63) is 109 Å². The number of rotatable bonds is 10. The van der Waals surface area contributed by atoms with Gasteiger partial charge in [0.25, 0.3) is 30.4 Å². The van der Waals surface area contributed by atoms with E-state index in [0.29, 0.717) is 5.75 Å². The van der Waals surface area contributed by atoms with Crippen LogP contribution in [0.4, 0.5) is 38.9 Å². The fraction of sp³-hybridized carbons (Fsp3) is 0.0263. The van der Waals surface area contributed by atoms with E-state index < -0.39 is 73.9 Å². The van der Waals surface area contributed by atoms with Gasteiger partial charge in [0.1, 0.15) is 37.5 Å². The van der Waals surface area contributed by atoms with Crippen LogP contribution in [-0.2, 0) is 30.4 Å². The molecule has 19 nitrogen and oxygen atoms in total. The number of ether oxygens (including phenoxy) is 1. The number of hydrogen-bond acceptors (Lipinski definition) is 14. The number of hydrogen-bond donors (Lipinski definition) is 7. The zero-order valence-corrected chi connectivity index (χ0v) is 41.9. The van der Waals surface area contributed by atoms with Crippen molar-refractivity contribution in [2.24, 2.45) is 20.5 Å². The zero-order chi connectivity index (χ0) is 43.1. The van der Waals surface area contributed by atoms with Crippen molar-refractivity contribution < 1.29 is 58.7 Å². The largest absolute Gasteiger partial charge is 0.505 e. The Hall–Kier alpha value is -4.08. The number of nitrogens with zero attached hydrogens (tertiary/aromatic N) is 4. The Kier molecular flexibility index (Phi) is 16.7. The quantitative estimate of drug-likeness (QED) is 0.0394. The van der Waals surface area contributed by atoms with E-state index in [1.165, 1.54) is 73.8 Å². The second-order valence-electron chi connectivity index (χ2n) is 12.7. The minimum Gasteiger partial charge on any atom is -0.505 e. The van der Waals surface area contributed by atoms with Crippen molar-refractivity contribution >= 4 is 191 Å². The zero-order valence-electron chi connectivity index (χ0n) is 33.4. The molecule has 0 aliphatic carbocycles. The SMILES string of the molecule is COc1ccccc1N=Nc1c(S(=O)(=O)O)cc2cc(NC(=O)Nc3ccc4c(O)c(N=Nc5ccc(S(=O)(=O)O)c6ccccc56)c(S(=O)(=O)O)cc4c3)ccc2c1O.[Na].[Na].[Na]. The molecular formula is C38H28N6Na3O13S3. The van der Waals surface area contributed by atoms with Gasteiger partial charge in [0.15, 0.2) is 11.5 Å². The Labute approximate surface area is 424 Å². The Morgan fingerprint density at radius 1 is 0.508 bits per heavy atom. The molecule has 7 aromatic rings. The fourth-order valence-electron chi connectivity index (χ4n) is 6.23. The van der Waals surface area contributed by atoms with Gasteiger partial charge in [0.05, 0.1) is 12.8 Å². The van der Waals surface area contributed by atoms with Gasteiger partial charge in [-0.25, -0.2) is 4.79 Å². The van der Waals surface area contributed by atoms with E-state index in [0.717, 1.165) is 18.2 Å². The topological polar surface area (TPSA) is 303 Å². The Balaban J connectivity index is 0.00000290. The first-order chi connectivity index (χ1) is 28.3. The minimum absolute atomic E-state index is 0. The van der Waals surface area contributed by atoms with E-state index in [4.69, 9.17) is 4.74 Å². The number of anilines is 2. The number of methoxy groups -OCH3 is 1. The second-order valence-corrected chi connectivity index (χ2v) is 16.9. The predicted molar refractivity (Wildman–Crippen MR) is 236 cm³/mol. The molecule has 3 radical (unpaired) electrons. The van der Waals surface area contributed by atoms with Crippen molar-refractivity contribution in [3.63, 3.8) is 0 Å². The van der Waals surface area contributed by atoms with Gasteiger partial charge in [0, 0.05) is 122 Å². The number of carbonyl (C=O) groups excluding carboxylic acids is 1. The molecule has 0 spiro atoms. The van der Waals surface area contributed by atoms with Gasteiger partial charge in [0.2, 0.25) is 0 Å². The first-order valence-electron chi connectivity index (χ1n) is 16.9. The van der Waals surface area contributed by atoms with E-state index in [9.17, 15) is 53.9 Å². The van der Waals surface area contributed by atoms with Crippen LogP contribution in [0.25, 0.3) is 32.3 Å². The maximum Gasteiger partial charge on any atom is 0.323 e. The molecule has 7 aromatic carbocycles. The van der Waals surface area contributed by atoms with Crippen molar-refractivity contribution in [3.8, 4) is 17.2 Å². The molecule has 0 aliphatic rings. The smallest absolute Gasteiger partial charge is 0.323 e. The molecule has 2 amide bonds. The van der Waals surface area contributed by atoms with Gasteiger partial charge in [-0.1, -0.05) is 36.4 Å². The number of phenolic OH excluding ortho intramolecular Hbond substituents is 2. The van der Waals surface area contributed by atoms with Gasteiger partial charge in [-0.2, -0.15) is 25.3 Å². The number of amides is 2. The van der Waals surface area contributed by atoms with Crippen molar-refractivity contribution in [2.75, 3.05) is 17.7 Å². The summed E-state index contributed by atoms with van der Waals surface area (Å²) in [6.45, 7) is 0. The van der Waals surface area contributed by atoms with Gasteiger partial charge >= 0.3 is 6.03 Å². The van der Waals surface area contributed by atoms with Crippen LogP contribution in [0.2, 0.25) is 0 Å². The molecule has 25 heteroatoms. The molecule has 309 valence electrons. The number of urea groups is 1. The van der Waals surface area contributed by atoms with Gasteiger partial charge in [-0.3, -0.25) is 13.7 Å². The van der Waals surface area contributed by atoms with Gasteiger partial charge in [-0.15, -0.1) is 20.5 Å². The summed E-state index contributed by atoms with van der Waals surface area (Å²) >= 11 is 0. The van der Waals surface area contributed by atoms with Crippen molar-refractivity contribution in [1.29, 1.82) is 0 Å². The van der Waals surface area contributed by atoms with Crippen LogP contribution in [0.15, 0.2) is 144 Å². The number of fused-ring (bicyclic) bond motifs is 3. The molecule has 0 heterocycles. The number of nitrogens with one attached hydrogen (secondary N) is 2. The van der Waals surface area contributed by atoms with E-state index >= 15 is 0 Å². The number of aromatic hydroxyl groups is 2. The molecule has 0 aromatic heterocycles. The summed E-state index contributed by atoms with van der Waals surface area (Å²) in [5.74, 6) is -1.04. The van der Waals surface area contributed by atoms with E-state index in [1.807, 2.05) is 0 Å². The Morgan fingerprint density at radius 3 is 1.43 bits per heavy atom. The van der Waals surface area contributed by atoms with E-state index in [2.05, 4.69) is 31.1 Å². The summed E-state index contributed by atoms with van der Waals surface area (Å²) in [5, 5.41) is 43.6. The Bertz CT molecular complexity index is 3360. The minimum atomic E-state index is -5.07. The van der Waals surface area contributed by atoms with Crippen molar-refractivity contribution in [2.45, 2.75) is 14.7 Å². The fourth-order valence-corrected chi connectivity index (χ4v) is 8.24. The average molecular weight is 942 g/mol. The molecule has 7 N–H and O–H groups in total. The predicted octanol–water partition coefficient (Wildman–Crippen LogP) is 7.64. The van der Waals surface area contributed by atoms with Crippen LogP contribution >= 0.6 is 0 Å². The molecule has 0 saturated carbocycles. The number of benzene rings is 7. The first kappa shape index (κ1) is 51.6. The third-order valence-corrected chi connectivity index (χ3v) is 11.6. The summed E-state index contributed by atoms with van der Waals surface area (Å²) in [6.07, 6.45) is 0. The van der Waals surface area contributed by atoms with Crippen LogP contribution in [0.5, 0.6) is 17.2 Å². The summed E-state index contributed by atoms with van der Waals surface area (Å²) in [6, 6.07) is 23.8. The number of phenols is 2. The summed E-state index contributed by atoms with van der Waals surface area (Å²) in [7, 11) is -13.3. The number of para-hydroxylation sites is 1. The molecule has 63 heavy (non-hydrogen) atoms. The van der Waals surface area contributed by atoms with Gasteiger partial charge < -0.3 is 25.6 Å². The standard InChI is InChI=1S/C38H28N6O13S3.3Na/c1-57-30-9-5-4-8-29(30)42-44-35-33(60(54,55)56)19-21-17-23(11-13-25(21)37(35)46)40-38(47)39-22-10-12-24-20(16-22)18-32(59(51,52)53)34(36(24)45)43-41-28-14-15-31(58(48,49)50)27-7-3-2-6-26(27)28;;;/h2-19,45-46H,1H3,(H2,39,40,47)(H,48,49,50)(H,51,52,53)(H,54,55,56);;;. The maximum atomic E-state index is 13.1. The molecule has 0 aliphatic heterocycles. The number of azo groups is 2. The summed E-state index contributed by atoms with van der Waals surface area (Å²) in [5.41, 5.74) is -0.782. The van der Waals surface area contributed by atoms with Gasteiger partial charge in [-0.05, 0) is 83.6 Å². The van der Waals surface area contributed by atoms with Crippen LogP contribution in [0.1, 0.15) is 0 Å². The molecule has 0 unspecified atom stereocenters. The third-order valence-electron chi connectivity index (χ3n) is 8.91. The third kappa shape index (κ3) is 11.2. The Morgan fingerprint density at radius 2 is 0.952 bits per heavy atom. The van der Waals surface area contributed by atoms with E-state index in [1.54, 1.807) is 24.3 Å². The monoisotopic (exact) mass is 941 g/mol. The average Bonchev–Trinajstić information content (AvgIpc) is 3.18. The first-order valence-corrected chi connectivity index (χ1v) is 21.2. The molecule has 0 fully saturated rings. The molecule has 0 bridgehead atoms. The van der Waals surface area contributed by atoms with Crippen molar-refractivity contribution in [1.82, 2.24) is 0 Å². The van der Waals surface area contributed by atoms with Crippen LogP contribution in [0.3, 0.4) is 0 Å². The van der Waals surface area contributed by atoms with Crippen LogP contribution in [0, 0.1) is 0 Å². The molecule has 0 atom stereocenters. The maximum absolute atomic E-state index is 13.1. The second kappa shape index (κ2) is 20.4. The normalized spacial score (nSPS) is 11.9. The van der Waals surface area contributed by atoms with Crippen LogP contribution < -0.4 is 15.4 Å². The molecule has 7 rings (SSSR count). The van der Waals surface area contributed by atoms with E-state index in [-0.39, 0.29) is 144 Å².